The van der Waals surface area contributed by atoms with Gasteiger partial charge in [0, 0.05) is 31.6 Å². The van der Waals surface area contributed by atoms with Crippen molar-refractivity contribution in [3.8, 4) is 5.75 Å². The third kappa shape index (κ3) is 4.09. The predicted octanol–water partition coefficient (Wildman–Crippen LogP) is 3.55. The minimum absolute atomic E-state index is 0.124. The van der Waals surface area contributed by atoms with E-state index >= 15 is 0 Å². The Morgan fingerprint density at radius 3 is 2.72 bits per heavy atom. The van der Waals surface area contributed by atoms with Crippen molar-refractivity contribution < 1.29 is 22.7 Å². The lowest BCUT2D eigenvalue weighted by molar-refractivity contribution is -0.141. The van der Waals surface area contributed by atoms with Crippen LogP contribution >= 0.6 is 15.9 Å². The second kappa shape index (κ2) is 6.99. The van der Waals surface area contributed by atoms with Gasteiger partial charge < -0.3 is 9.64 Å². The van der Waals surface area contributed by atoms with Gasteiger partial charge in [-0.25, -0.2) is 0 Å². The van der Waals surface area contributed by atoms with Crippen LogP contribution in [0.15, 0.2) is 41.3 Å². The Morgan fingerprint density at radius 1 is 1.28 bits per heavy atom. The van der Waals surface area contributed by atoms with Gasteiger partial charge in [0.1, 0.15) is 17.5 Å². The van der Waals surface area contributed by atoms with Crippen molar-refractivity contribution in [2.24, 2.45) is 0 Å². The van der Waals surface area contributed by atoms with Crippen LogP contribution in [-0.2, 0) is 6.18 Å². The molecule has 3 heterocycles. The average molecular weight is 416 g/mol. The molecule has 0 saturated carbocycles. The standard InChI is InChI=1S/C16H13BrF3N3O2/c17-12-8-21-5-3-13(12)25-11-4-6-23(9-11)15(24)10-1-2-14(22-7-10)16(18,19)20/h1-3,5,7-8,11H,4,6,9H2. The molecule has 0 aliphatic carbocycles. The van der Waals surface area contributed by atoms with Gasteiger partial charge >= 0.3 is 6.18 Å². The maximum Gasteiger partial charge on any atom is 0.433 e. The fourth-order valence-electron chi connectivity index (χ4n) is 2.52. The highest BCUT2D eigenvalue weighted by Gasteiger charge is 2.33. The summed E-state index contributed by atoms with van der Waals surface area (Å²) in [6, 6.07) is 3.67. The maximum atomic E-state index is 12.5. The van der Waals surface area contributed by atoms with Gasteiger partial charge in [-0.05, 0) is 34.1 Å². The SMILES string of the molecule is O=C(c1ccc(C(F)(F)F)nc1)N1CCC(Oc2ccncc2Br)C1. The molecule has 5 nitrogen and oxygen atoms in total. The fourth-order valence-corrected chi connectivity index (χ4v) is 2.86. The zero-order valence-corrected chi connectivity index (χ0v) is 14.4. The zero-order valence-electron chi connectivity index (χ0n) is 12.8. The number of carbonyl (C=O) groups excluding carboxylic acids is 1. The van der Waals surface area contributed by atoms with Crippen LogP contribution in [0.2, 0.25) is 0 Å². The van der Waals surface area contributed by atoms with Crippen molar-refractivity contribution in [3.63, 3.8) is 0 Å². The van der Waals surface area contributed by atoms with E-state index in [4.69, 9.17) is 4.74 Å². The smallest absolute Gasteiger partial charge is 0.433 e. The van der Waals surface area contributed by atoms with Crippen molar-refractivity contribution in [2.45, 2.75) is 18.7 Å². The molecule has 0 spiro atoms. The summed E-state index contributed by atoms with van der Waals surface area (Å²) in [5.74, 6) is 0.270. The van der Waals surface area contributed by atoms with Gasteiger partial charge in [0.15, 0.2) is 0 Å². The van der Waals surface area contributed by atoms with E-state index in [0.29, 0.717) is 29.7 Å². The number of halogens is 4. The molecule has 25 heavy (non-hydrogen) atoms. The highest BCUT2D eigenvalue weighted by Crippen LogP contribution is 2.28. The van der Waals surface area contributed by atoms with E-state index in [2.05, 4.69) is 25.9 Å². The van der Waals surface area contributed by atoms with Crippen LogP contribution in [0.25, 0.3) is 0 Å². The lowest BCUT2D eigenvalue weighted by atomic mass is 10.2. The number of hydrogen-bond acceptors (Lipinski definition) is 4. The van der Waals surface area contributed by atoms with Crippen LogP contribution in [0, 0.1) is 0 Å². The van der Waals surface area contributed by atoms with Crippen molar-refractivity contribution in [1.29, 1.82) is 0 Å². The van der Waals surface area contributed by atoms with E-state index in [9.17, 15) is 18.0 Å². The molecule has 2 aromatic rings. The molecular formula is C16H13BrF3N3O2. The maximum absolute atomic E-state index is 12.5. The van der Waals surface area contributed by atoms with E-state index in [1.807, 2.05) is 0 Å². The molecule has 0 bridgehead atoms. The summed E-state index contributed by atoms with van der Waals surface area (Å²) >= 11 is 3.34. The molecule has 2 aromatic heterocycles. The Balaban J connectivity index is 1.63. The van der Waals surface area contributed by atoms with Crippen LogP contribution in [0.3, 0.4) is 0 Å². The number of aromatic nitrogens is 2. The lowest BCUT2D eigenvalue weighted by Gasteiger charge is -2.18. The quantitative estimate of drug-likeness (QED) is 0.768. The molecule has 1 aliphatic heterocycles. The van der Waals surface area contributed by atoms with Crippen LogP contribution < -0.4 is 4.74 Å². The van der Waals surface area contributed by atoms with Gasteiger partial charge in [0.25, 0.3) is 5.91 Å². The number of nitrogens with zero attached hydrogens (tertiary/aromatic N) is 3. The molecule has 0 radical (unpaired) electrons. The average Bonchev–Trinajstić information content (AvgIpc) is 3.04. The van der Waals surface area contributed by atoms with Gasteiger partial charge in [-0.3, -0.25) is 14.8 Å². The van der Waals surface area contributed by atoms with E-state index in [-0.39, 0.29) is 17.6 Å². The summed E-state index contributed by atoms with van der Waals surface area (Å²) in [7, 11) is 0. The first-order valence-electron chi connectivity index (χ1n) is 7.43. The largest absolute Gasteiger partial charge is 0.487 e. The number of ether oxygens (including phenoxy) is 1. The number of hydrogen-bond donors (Lipinski definition) is 0. The van der Waals surface area contributed by atoms with Crippen LogP contribution in [0.4, 0.5) is 13.2 Å². The first kappa shape index (κ1) is 17.7. The summed E-state index contributed by atoms with van der Waals surface area (Å²) in [4.78, 5) is 21.2. The third-order valence-electron chi connectivity index (χ3n) is 3.76. The predicted molar refractivity (Wildman–Crippen MR) is 86.1 cm³/mol. The Morgan fingerprint density at radius 2 is 2.08 bits per heavy atom. The molecule has 1 atom stereocenters. The van der Waals surface area contributed by atoms with Gasteiger partial charge in [0.05, 0.1) is 16.6 Å². The number of amides is 1. The molecule has 1 amide bonds. The summed E-state index contributed by atoms with van der Waals surface area (Å²) in [6.45, 7) is 0.821. The molecule has 1 saturated heterocycles. The number of pyridine rings is 2. The summed E-state index contributed by atoms with van der Waals surface area (Å²) in [5.41, 5.74) is -0.895. The topological polar surface area (TPSA) is 55.3 Å². The monoisotopic (exact) mass is 415 g/mol. The first-order valence-corrected chi connectivity index (χ1v) is 8.22. The van der Waals surface area contributed by atoms with E-state index in [0.717, 1.165) is 18.3 Å². The van der Waals surface area contributed by atoms with Gasteiger partial charge in [0.2, 0.25) is 0 Å². The van der Waals surface area contributed by atoms with Crippen LogP contribution in [0.1, 0.15) is 22.5 Å². The van der Waals surface area contributed by atoms with Gasteiger partial charge in [-0.15, -0.1) is 0 Å². The fraction of sp³-hybridized carbons (Fsp3) is 0.312. The Labute approximate surface area is 150 Å². The zero-order chi connectivity index (χ0) is 18.0. The van der Waals surface area contributed by atoms with Gasteiger partial charge in [-0.2, -0.15) is 13.2 Å². The lowest BCUT2D eigenvalue weighted by Crippen LogP contribution is -2.31. The molecule has 1 fully saturated rings. The van der Waals surface area contributed by atoms with Crippen LogP contribution in [0.5, 0.6) is 5.75 Å². The van der Waals surface area contributed by atoms with Crippen molar-refractivity contribution >= 4 is 21.8 Å². The van der Waals surface area contributed by atoms with Crippen LogP contribution in [-0.4, -0.2) is 40.0 Å². The Hall–Kier alpha value is -2.16. The minimum atomic E-state index is -4.52. The van der Waals surface area contributed by atoms with E-state index < -0.39 is 11.9 Å². The second-order valence-corrected chi connectivity index (χ2v) is 6.37. The second-order valence-electron chi connectivity index (χ2n) is 5.52. The van der Waals surface area contributed by atoms with Crippen molar-refractivity contribution in [1.82, 2.24) is 14.9 Å². The molecule has 1 unspecified atom stereocenters. The van der Waals surface area contributed by atoms with E-state index in [1.165, 1.54) is 0 Å². The number of alkyl halides is 3. The molecule has 0 N–H and O–H groups in total. The minimum Gasteiger partial charge on any atom is -0.487 e. The number of carbonyl (C=O) groups is 1. The van der Waals surface area contributed by atoms with Crippen molar-refractivity contribution in [3.05, 3.63) is 52.5 Å². The Bertz CT molecular complexity index is 768. The molecule has 132 valence electrons. The summed E-state index contributed by atoms with van der Waals surface area (Å²) < 4.78 is 44.1. The van der Waals surface area contributed by atoms with Crippen molar-refractivity contribution in [2.75, 3.05) is 13.1 Å². The van der Waals surface area contributed by atoms with Gasteiger partial charge in [-0.1, -0.05) is 0 Å². The third-order valence-corrected chi connectivity index (χ3v) is 4.36. The summed E-state index contributed by atoms with van der Waals surface area (Å²) in [5, 5.41) is 0. The van der Waals surface area contributed by atoms with E-state index in [1.54, 1.807) is 23.4 Å². The Kier molecular flexibility index (Phi) is 4.94. The molecule has 9 heteroatoms. The molecule has 3 rings (SSSR count). The highest BCUT2D eigenvalue weighted by molar-refractivity contribution is 9.10. The molecule has 1 aliphatic rings. The number of likely N-dealkylation sites (tertiary alicyclic amines) is 1. The number of rotatable bonds is 3. The first-order chi connectivity index (χ1) is 11.8. The summed E-state index contributed by atoms with van der Waals surface area (Å²) in [6.07, 6.45) is 0.0943. The normalized spacial score (nSPS) is 17.6. The highest BCUT2D eigenvalue weighted by atomic mass is 79.9. The molecular weight excluding hydrogens is 403 g/mol. The molecule has 0 aromatic carbocycles.